The summed E-state index contributed by atoms with van der Waals surface area (Å²) in [6.07, 6.45) is 0. The highest BCUT2D eigenvalue weighted by Crippen LogP contribution is 2.46. The fraction of sp³-hybridized carbons (Fsp3) is 0.133. The highest BCUT2D eigenvalue weighted by atomic mass is 35.5. The van der Waals surface area contributed by atoms with E-state index in [1.807, 2.05) is 36.4 Å². The second-order valence-electron chi connectivity index (χ2n) is 9.37. The number of halogens is 2. The molecule has 6 rings (SSSR count). The lowest BCUT2D eigenvalue weighted by molar-refractivity contribution is -0.127. The lowest BCUT2D eigenvalue weighted by atomic mass is 9.83. The molecule has 2 heterocycles. The Bertz CT molecular complexity index is 1400. The number of likely N-dealkylation sites (tertiary alicyclic amines) is 1. The van der Waals surface area contributed by atoms with Gasteiger partial charge in [0.15, 0.2) is 5.54 Å². The van der Waals surface area contributed by atoms with Gasteiger partial charge in [-0.3, -0.25) is 14.6 Å². The molecule has 7 heteroatoms. The van der Waals surface area contributed by atoms with Gasteiger partial charge in [-0.15, -0.1) is 0 Å². The smallest absolute Gasteiger partial charge is 0.286 e. The zero-order chi connectivity index (χ0) is 25.6. The van der Waals surface area contributed by atoms with E-state index >= 15 is 0 Å². The van der Waals surface area contributed by atoms with Crippen LogP contribution in [0.3, 0.4) is 0 Å². The molecule has 0 atom stereocenters. The molecule has 184 valence electrons. The first kappa shape index (κ1) is 23.7. The predicted molar refractivity (Wildman–Crippen MR) is 147 cm³/mol. The van der Waals surface area contributed by atoms with Gasteiger partial charge in [0.05, 0.1) is 11.7 Å². The van der Waals surface area contributed by atoms with Crippen LogP contribution >= 0.6 is 23.2 Å². The Morgan fingerprint density at radius 1 is 0.622 bits per heavy atom. The Morgan fingerprint density at radius 2 is 1.08 bits per heavy atom. The van der Waals surface area contributed by atoms with Gasteiger partial charge >= 0.3 is 6.03 Å². The zero-order valence-electron chi connectivity index (χ0n) is 19.8. The van der Waals surface area contributed by atoms with E-state index in [2.05, 4.69) is 29.2 Å². The summed E-state index contributed by atoms with van der Waals surface area (Å²) in [6.45, 7) is 0.775. The lowest BCUT2D eigenvalue weighted by Crippen LogP contribution is -2.72. The Hall–Kier alpha value is -3.64. The summed E-state index contributed by atoms with van der Waals surface area (Å²) in [5.41, 5.74) is 2.36. The molecule has 5 nitrogen and oxygen atoms in total. The quantitative estimate of drug-likeness (QED) is 0.268. The molecule has 0 saturated carbocycles. The van der Waals surface area contributed by atoms with Crippen LogP contribution in [0.4, 0.5) is 16.2 Å². The van der Waals surface area contributed by atoms with E-state index in [0.717, 1.165) is 11.1 Å². The molecule has 0 aromatic heterocycles. The number of hydrogen-bond acceptors (Lipinski definition) is 3. The van der Waals surface area contributed by atoms with Gasteiger partial charge in [-0.25, -0.2) is 9.69 Å². The fourth-order valence-corrected chi connectivity index (χ4v) is 5.66. The third-order valence-corrected chi connectivity index (χ3v) is 7.61. The minimum atomic E-state index is -1.04. The van der Waals surface area contributed by atoms with Crippen LogP contribution < -0.4 is 9.80 Å². The Labute approximate surface area is 225 Å². The first-order valence-electron chi connectivity index (χ1n) is 12.0. The van der Waals surface area contributed by atoms with Gasteiger partial charge in [-0.05, 0) is 59.7 Å². The van der Waals surface area contributed by atoms with Crippen LogP contribution in [0, 0.1) is 0 Å². The number of carbonyl (C=O) groups excluding carboxylic acids is 2. The third kappa shape index (κ3) is 4.00. The maximum atomic E-state index is 14.1. The Kier molecular flexibility index (Phi) is 6.00. The summed E-state index contributed by atoms with van der Waals surface area (Å²) in [6, 6.07) is 33.8. The average Bonchev–Trinajstić information content (AvgIpc) is 3.13. The topological polar surface area (TPSA) is 43.9 Å². The first-order valence-corrected chi connectivity index (χ1v) is 12.8. The van der Waals surface area contributed by atoms with Gasteiger partial charge in [0, 0.05) is 28.8 Å². The molecule has 3 amide bonds. The number of nitrogens with zero attached hydrogens (tertiary/aromatic N) is 3. The predicted octanol–water partition coefficient (Wildman–Crippen LogP) is 6.81. The van der Waals surface area contributed by atoms with Gasteiger partial charge in [-0.1, -0.05) is 83.9 Å². The van der Waals surface area contributed by atoms with Crippen molar-refractivity contribution in [2.24, 2.45) is 0 Å². The number of imide groups is 1. The van der Waals surface area contributed by atoms with Crippen molar-refractivity contribution in [2.75, 3.05) is 22.9 Å². The van der Waals surface area contributed by atoms with Crippen LogP contribution in [0.25, 0.3) is 0 Å². The molecule has 0 radical (unpaired) electrons. The first-order chi connectivity index (χ1) is 18.0. The lowest BCUT2D eigenvalue weighted by Gasteiger charge is -2.53. The van der Waals surface area contributed by atoms with Crippen LogP contribution in [0.15, 0.2) is 109 Å². The molecule has 4 aromatic rings. The van der Waals surface area contributed by atoms with Crippen molar-refractivity contribution in [2.45, 2.75) is 11.6 Å². The van der Waals surface area contributed by atoms with E-state index in [-0.39, 0.29) is 18.0 Å². The van der Waals surface area contributed by atoms with Crippen molar-refractivity contribution >= 4 is 46.5 Å². The summed E-state index contributed by atoms with van der Waals surface area (Å²) in [5, 5.41) is 1.10. The standard InChI is InChI=1S/C30H23Cl2N3O2/c31-23-11-15-25(16-12-23)34-28(36)30(35(29(34)37)26-17-13-24(32)14-18-26)19-33(20-30)27(21-7-3-1-4-8-21)22-9-5-2-6-10-22/h1-18,27H,19-20H2. The summed E-state index contributed by atoms with van der Waals surface area (Å²) >= 11 is 12.2. The van der Waals surface area contributed by atoms with Crippen LogP contribution in [0.5, 0.6) is 0 Å². The molecule has 4 aromatic carbocycles. The van der Waals surface area contributed by atoms with Gasteiger partial charge in [0.1, 0.15) is 0 Å². The highest BCUT2D eigenvalue weighted by molar-refractivity contribution is 6.33. The fourth-order valence-electron chi connectivity index (χ4n) is 5.41. The summed E-state index contributed by atoms with van der Waals surface area (Å²) in [7, 11) is 0. The molecule has 2 aliphatic heterocycles. The largest absolute Gasteiger partial charge is 0.336 e. The Balaban J connectivity index is 1.41. The van der Waals surface area contributed by atoms with E-state index in [1.165, 1.54) is 4.90 Å². The maximum Gasteiger partial charge on any atom is 0.336 e. The minimum absolute atomic E-state index is 0.0485. The van der Waals surface area contributed by atoms with Crippen molar-refractivity contribution in [1.29, 1.82) is 0 Å². The molecule has 2 fully saturated rings. The van der Waals surface area contributed by atoms with Crippen LogP contribution in [0.1, 0.15) is 17.2 Å². The van der Waals surface area contributed by atoms with E-state index in [0.29, 0.717) is 34.5 Å². The van der Waals surface area contributed by atoms with Gasteiger partial charge in [-0.2, -0.15) is 0 Å². The van der Waals surface area contributed by atoms with E-state index in [4.69, 9.17) is 23.2 Å². The Morgan fingerprint density at radius 3 is 1.57 bits per heavy atom. The zero-order valence-corrected chi connectivity index (χ0v) is 21.3. The van der Waals surface area contributed by atoms with Crippen molar-refractivity contribution in [3.8, 4) is 0 Å². The second kappa shape index (κ2) is 9.34. The van der Waals surface area contributed by atoms with Gasteiger partial charge in [0.2, 0.25) is 0 Å². The van der Waals surface area contributed by atoms with Crippen molar-refractivity contribution < 1.29 is 9.59 Å². The van der Waals surface area contributed by atoms with Crippen LogP contribution in [-0.2, 0) is 4.79 Å². The summed E-state index contributed by atoms with van der Waals surface area (Å²) < 4.78 is 0. The van der Waals surface area contributed by atoms with E-state index in [1.54, 1.807) is 53.4 Å². The number of benzene rings is 4. The molecule has 1 spiro atoms. The number of rotatable bonds is 5. The molecule has 0 aliphatic carbocycles. The number of carbonyl (C=O) groups is 2. The summed E-state index contributed by atoms with van der Waals surface area (Å²) in [4.78, 5) is 33.1. The average molecular weight is 528 g/mol. The molecule has 37 heavy (non-hydrogen) atoms. The molecule has 0 unspecified atom stereocenters. The van der Waals surface area contributed by atoms with Crippen molar-refractivity contribution in [1.82, 2.24) is 4.90 Å². The van der Waals surface area contributed by atoms with Crippen molar-refractivity contribution in [3.05, 3.63) is 130 Å². The van der Waals surface area contributed by atoms with Crippen molar-refractivity contribution in [3.63, 3.8) is 0 Å². The van der Waals surface area contributed by atoms with E-state index < -0.39 is 5.54 Å². The maximum absolute atomic E-state index is 14.1. The molecule has 0 bridgehead atoms. The summed E-state index contributed by atoms with van der Waals surface area (Å²) in [5.74, 6) is -0.245. The van der Waals surface area contributed by atoms with E-state index in [9.17, 15) is 9.59 Å². The normalized spacial score (nSPS) is 17.1. The number of anilines is 2. The molecular formula is C30H23Cl2N3O2. The molecular weight excluding hydrogens is 505 g/mol. The van der Waals surface area contributed by atoms with Crippen LogP contribution in [0.2, 0.25) is 10.0 Å². The second-order valence-corrected chi connectivity index (χ2v) is 10.2. The SMILES string of the molecule is O=C1N(c2ccc(Cl)cc2)C(=O)C2(CN(C(c3ccccc3)c3ccccc3)C2)N1c1ccc(Cl)cc1. The highest BCUT2D eigenvalue weighted by Gasteiger charge is 2.65. The minimum Gasteiger partial charge on any atom is -0.286 e. The molecule has 0 N–H and O–H groups in total. The number of urea groups is 1. The number of amides is 3. The number of hydrogen-bond donors (Lipinski definition) is 0. The monoisotopic (exact) mass is 527 g/mol. The van der Waals surface area contributed by atoms with Gasteiger partial charge in [0.25, 0.3) is 5.91 Å². The van der Waals surface area contributed by atoms with Gasteiger partial charge < -0.3 is 0 Å². The van der Waals surface area contributed by atoms with Crippen LogP contribution in [-0.4, -0.2) is 35.5 Å². The molecule has 2 aliphatic rings. The molecule has 2 saturated heterocycles. The third-order valence-electron chi connectivity index (χ3n) is 7.11.